The van der Waals surface area contributed by atoms with Gasteiger partial charge in [0.25, 0.3) is 5.91 Å². The summed E-state index contributed by atoms with van der Waals surface area (Å²) in [7, 11) is 0. The van der Waals surface area contributed by atoms with E-state index in [9.17, 15) is 4.79 Å². The molecule has 26 heavy (non-hydrogen) atoms. The molecule has 0 N–H and O–H groups in total. The van der Waals surface area contributed by atoms with Gasteiger partial charge in [-0.2, -0.15) is 5.10 Å². The van der Waals surface area contributed by atoms with E-state index < -0.39 is 0 Å². The number of ether oxygens (including phenoxy) is 1. The predicted octanol–water partition coefficient (Wildman–Crippen LogP) is 1.99. The second-order valence-corrected chi connectivity index (χ2v) is 6.28. The normalized spacial score (nSPS) is 16.5. The summed E-state index contributed by atoms with van der Waals surface area (Å²) in [5.41, 5.74) is 2.52. The minimum atomic E-state index is -0.173. The number of amides is 1. The van der Waals surface area contributed by atoms with E-state index >= 15 is 0 Å². The lowest BCUT2D eigenvalue weighted by atomic mass is 10.2. The summed E-state index contributed by atoms with van der Waals surface area (Å²) in [6.07, 6.45) is 3.48. The van der Waals surface area contributed by atoms with E-state index in [-0.39, 0.29) is 17.7 Å². The Labute approximate surface area is 150 Å². The van der Waals surface area contributed by atoms with Crippen molar-refractivity contribution < 1.29 is 14.1 Å². The van der Waals surface area contributed by atoms with E-state index in [0.717, 1.165) is 11.4 Å². The topological polar surface area (TPSA) is 86.3 Å². The second-order valence-electron chi connectivity index (χ2n) is 6.28. The van der Waals surface area contributed by atoms with Crippen LogP contribution in [-0.2, 0) is 17.9 Å². The van der Waals surface area contributed by atoms with Crippen molar-refractivity contribution in [2.75, 3.05) is 13.2 Å². The third-order valence-electron chi connectivity index (χ3n) is 4.29. The Hall–Kier alpha value is -3.00. The zero-order valence-electron chi connectivity index (χ0n) is 14.4. The molecule has 1 aliphatic heterocycles. The van der Waals surface area contributed by atoms with E-state index in [1.54, 1.807) is 30.3 Å². The van der Waals surface area contributed by atoms with Gasteiger partial charge in [0.15, 0.2) is 0 Å². The third kappa shape index (κ3) is 3.36. The molecule has 1 aliphatic rings. The fourth-order valence-electron chi connectivity index (χ4n) is 3.07. The molecule has 0 spiro atoms. The van der Waals surface area contributed by atoms with E-state index in [1.807, 2.05) is 28.9 Å². The summed E-state index contributed by atoms with van der Waals surface area (Å²) < 4.78 is 12.9. The number of hydrogen-bond acceptors (Lipinski definition) is 6. The third-order valence-corrected chi connectivity index (χ3v) is 4.29. The molecule has 134 valence electrons. The highest BCUT2D eigenvalue weighted by atomic mass is 16.5. The molecule has 0 aromatic carbocycles. The van der Waals surface area contributed by atoms with Gasteiger partial charge in [0, 0.05) is 25.0 Å². The van der Waals surface area contributed by atoms with Crippen LogP contribution in [0.1, 0.15) is 33.7 Å². The smallest absolute Gasteiger partial charge is 0.292 e. The molecule has 1 amide bonds. The lowest BCUT2D eigenvalue weighted by Crippen LogP contribution is -2.42. The van der Waals surface area contributed by atoms with Gasteiger partial charge in [-0.1, -0.05) is 11.2 Å². The maximum absolute atomic E-state index is 12.7. The molecule has 3 aromatic heterocycles. The van der Waals surface area contributed by atoms with Crippen LogP contribution in [0.5, 0.6) is 0 Å². The van der Waals surface area contributed by atoms with Crippen LogP contribution in [0.15, 0.2) is 47.2 Å². The van der Waals surface area contributed by atoms with Gasteiger partial charge in [-0.25, -0.2) is 0 Å². The maximum Gasteiger partial charge on any atom is 0.292 e. The van der Waals surface area contributed by atoms with Crippen LogP contribution in [0.3, 0.4) is 0 Å². The SMILES string of the molecule is Cc1cc(C(=O)N2Cc3ccnn3C(COCc3ccccn3)C2)on1. The fraction of sp³-hybridized carbons (Fsp3) is 0.333. The van der Waals surface area contributed by atoms with Crippen LogP contribution in [0.25, 0.3) is 0 Å². The number of nitrogens with zero attached hydrogens (tertiary/aromatic N) is 5. The highest BCUT2D eigenvalue weighted by molar-refractivity contribution is 5.91. The zero-order chi connectivity index (χ0) is 17.9. The largest absolute Gasteiger partial charge is 0.373 e. The van der Waals surface area contributed by atoms with Crippen LogP contribution >= 0.6 is 0 Å². The molecule has 0 saturated carbocycles. The first kappa shape index (κ1) is 16.5. The number of carbonyl (C=O) groups is 1. The lowest BCUT2D eigenvalue weighted by Gasteiger charge is -2.33. The molecule has 0 saturated heterocycles. The molecule has 1 unspecified atom stereocenters. The monoisotopic (exact) mass is 353 g/mol. The quantitative estimate of drug-likeness (QED) is 0.697. The van der Waals surface area contributed by atoms with Crippen LogP contribution < -0.4 is 0 Å². The van der Waals surface area contributed by atoms with Gasteiger partial charge in [0.05, 0.1) is 42.9 Å². The molecule has 0 bridgehead atoms. The first-order valence-corrected chi connectivity index (χ1v) is 8.43. The number of fused-ring (bicyclic) bond motifs is 1. The predicted molar refractivity (Wildman–Crippen MR) is 91.1 cm³/mol. The minimum Gasteiger partial charge on any atom is -0.373 e. The van der Waals surface area contributed by atoms with Crippen molar-refractivity contribution in [3.63, 3.8) is 0 Å². The summed E-state index contributed by atoms with van der Waals surface area (Å²) in [5, 5.41) is 8.18. The number of hydrogen-bond donors (Lipinski definition) is 0. The van der Waals surface area contributed by atoms with E-state index in [4.69, 9.17) is 9.26 Å². The molecule has 8 heteroatoms. The number of aromatic nitrogens is 4. The Bertz CT molecular complexity index is 889. The van der Waals surface area contributed by atoms with Crippen molar-refractivity contribution in [3.8, 4) is 0 Å². The molecule has 4 heterocycles. The van der Waals surface area contributed by atoms with Gasteiger partial charge in [0.2, 0.25) is 5.76 Å². The molecule has 0 radical (unpaired) electrons. The number of carbonyl (C=O) groups excluding carboxylic acids is 1. The van der Waals surface area contributed by atoms with Crippen molar-refractivity contribution in [2.24, 2.45) is 0 Å². The summed E-state index contributed by atoms with van der Waals surface area (Å²) in [6.45, 7) is 3.62. The van der Waals surface area contributed by atoms with Crippen molar-refractivity contribution in [3.05, 3.63) is 65.6 Å². The Kier molecular flexibility index (Phi) is 4.49. The van der Waals surface area contributed by atoms with Gasteiger partial charge in [0.1, 0.15) is 0 Å². The van der Waals surface area contributed by atoms with Crippen molar-refractivity contribution >= 4 is 5.91 Å². The van der Waals surface area contributed by atoms with Crippen molar-refractivity contribution in [2.45, 2.75) is 26.1 Å². The van der Waals surface area contributed by atoms with Gasteiger partial charge in [-0.3, -0.25) is 14.5 Å². The summed E-state index contributed by atoms with van der Waals surface area (Å²) >= 11 is 0. The maximum atomic E-state index is 12.7. The van der Waals surface area contributed by atoms with Crippen LogP contribution in [0, 0.1) is 6.92 Å². The summed E-state index contributed by atoms with van der Waals surface area (Å²) in [4.78, 5) is 18.7. The molecule has 1 atom stereocenters. The minimum absolute atomic E-state index is 0.0644. The lowest BCUT2D eigenvalue weighted by molar-refractivity contribution is 0.0416. The van der Waals surface area contributed by atoms with E-state index in [0.29, 0.717) is 32.0 Å². The Balaban J connectivity index is 1.45. The van der Waals surface area contributed by atoms with Crippen molar-refractivity contribution in [1.82, 2.24) is 24.8 Å². The average molecular weight is 353 g/mol. The van der Waals surface area contributed by atoms with Gasteiger partial charge in [-0.05, 0) is 25.1 Å². The molecule has 8 nitrogen and oxygen atoms in total. The fourth-order valence-corrected chi connectivity index (χ4v) is 3.07. The summed E-state index contributed by atoms with van der Waals surface area (Å²) in [6, 6.07) is 9.22. The molecule has 0 aliphatic carbocycles. The summed E-state index contributed by atoms with van der Waals surface area (Å²) in [5.74, 6) is 0.0800. The van der Waals surface area contributed by atoms with Gasteiger partial charge >= 0.3 is 0 Å². The molecule has 3 aromatic rings. The molecule has 0 fully saturated rings. The van der Waals surface area contributed by atoms with Crippen molar-refractivity contribution in [1.29, 1.82) is 0 Å². The zero-order valence-corrected chi connectivity index (χ0v) is 14.4. The number of pyridine rings is 1. The Morgan fingerprint density at radius 1 is 1.35 bits per heavy atom. The first-order chi connectivity index (χ1) is 12.7. The van der Waals surface area contributed by atoms with Crippen LogP contribution in [0.2, 0.25) is 0 Å². The van der Waals surface area contributed by atoms with Crippen LogP contribution in [-0.4, -0.2) is 43.9 Å². The average Bonchev–Trinajstić information content (AvgIpc) is 3.30. The molecular weight excluding hydrogens is 334 g/mol. The van der Waals surface area contributed by atoms with Crippen LogP contribution in [0.4, 0.5) is 0 Å². The molecular formula is C18H19N5O3. The Morgan fingerprint density at radius 2 is 2.27 bits per heavy atom. The number of aryl methyl sites for hydroxylation is 1. The highest BCUT2D eigenvalue weighted by Crippen LogP contribution is 2.23. The first-order valence-electron chi connectivity index (χ1n) is 8.43. The molecule has 4 rings (SSSR count). The van der Waals surface area contributed by atoms with Gasteiger partial charge < -0.3 is 14.2 Å². The highest BCUT2D eigenvalue weighted by Gasteiger charge is 2.30. The Morgan fingerprint density at radius 3 is 3.04 bits per heavy atom. The second kappa shape index (κ2) is 7.09. The van der Waals surface area contributed by atoms with E-state index in [1.165, 1.54) is 0 Å². The van der Waals surface area contributed by atoms with Gasteiger partial charge in [-0.15, -0.1) is 0 Å². The number of rotatable bonds is 5. The standard InChI is InChI=1S/C18H19N5O3/c1-13-8-17(26-21-13)18(24)22-9-15-5-7-20-23(15)16(10-22)12-25-11-14-4-2-3-6-19-14/h2-8,16H,9-12H2,1H3. The van der Waals surface area contributed by atoms with E-state index in [2.05, 4.69) is 15.2 Å².